The Balaban J connectivity index is 0.592. The molecule has 368 valence electrons. The molecule has 0 aliphatic heterocycles. The van der Waals surface area contributed by atoms with Crippen LogP contribution in [0.4, 0.5) is 22.7 Å². The van der Waals surface area contributed by atoms with E-state index in [1.807, 2.05) is 12.1 Å². The van der Waals surface area contributed by atoms with E-state index in [0.717, 1.165) is 163 Å². The number of ether oxygens (including phenoxy) is 4. The van der Waals surface area contributed by atoms with Crippen LogP contribution in [0.25, 0.3) is 64.6 Å². The molecule has 0 spiro atoms. The minimum Gasteiger partial charge on any atom is -0.384 e. The Morgan fingerprint density at radius 3 is 0.944 bits per heavy atom. The summed E-state index contributed by atoms with van der Waals surface area (Å²) in [7, 11) is 0. The van der Waals surface area contributed by atoms with Crippen LogP contribution in [-0.4, -0.2) is 79.0 Å². The van der Waals surface area contributed by atoms with E-state index < -0.39 is 0 Å². The molecule has 0 unspecified atom stereocenters. The van der Waals surface area contributed by atoms with Gasteiger partial charge in [-0.15, -0.1) is 0 Å². The van der Waals surface area contributed by atoms with Gasteiger partial charge in [-0.1, -0.05) is 96.5 Å². The molecule has 0 radical (unpaired) electrons. The van der Waals surface area contributed by atoms with Gasteiger partial charge < -0.3 is 40.2 Å². The van der Waals surface area contributed by atoms with Crippen molar-refractivity contribution in [2.24, 2.45) is 0 Å². The molecular formula is C62H69ClN4O4. The number of nitrogens with one attached hydrogen (secondary N) is 4. The zero-order valence-electron chi connectivity index (χ0n) is 41.1. The lowest BCUT2D eigenvalue weighted by Gasteiger charge is -2.14. The monoisotopic (exact) mass is 969 g/mol. The first kappa shape index (κ1) is 49.8. The van der Waals surface area contributed by atoms with Crippen molar-refractivity contribution >= 4 is 99.0 Å². The minimum atomic E-state index is 0.736. The SMILES string of the molecule is Clc1cccc2cc3cccc(NCCCOCCCCOCCCNc4cccc5cc6cccc(NCCCOCCCCOCCCNc7cccc8cc9ccccc9cc78)c6cc45)c3cc12. The lowest BCUT2D eigenvalue weighted by Crippen LogP contribution is -2.08. The van der Waals surface area contributed by atoms with Crippen LogP contribution in [0.2, 0.25) is 5.02 Å². The van der Waals surface area contributed by atoms with Crippen LogP contribution in [0, 0.1) is 0 Å². The summed E-state index contributed by atoms with van der Waals surface area (Å²) in [4.78, 5) is 0. The molecule has 0 atom stereocenters. The van der Waals surface area contributed by atoms with Crippen molar-refractivity contribution in [2.75, 3.05) is 100 Å². The van der Waals surface area contributed by atoms with Crippen LogP contribution in [0.1, 0.15) is 51.4 Å². The van der Waals surface area contributed by atoms with Crippen LogP contribution >= 0.6 is 11.6 Å². The maximum absolute atomic E-state index is 6.50. The average molecular weight is 970 g/mol. The van der Waals surface area contributed by atoms with Gasteiger partial charge in [-0.05, 0) is 156 Å². The number of unbranched alkanes of at least 4 members (excludes halogenated alkanes) is 2. The Labute approximate surface area is 424 Å². The summed E-state index contributed by atoms with van der Waals surface area (Å²) in [6.07, 6.45) is 7.83. The quantitative estimate of drug-likeness (QED) is 0.0262. The molecule has 8 nitrogen and oxygen atoms in total. The van der Waals surface area contributed by atoms with Crippen molar-refractivity contribution in [2.45, 2.75) is 51.4 Å². The van der Waals surface area contributed by atoms with Gasteiger partial charge in [-0.2, -0.15) is 0 Å². The fourth-order valence-electron chi connectivity index (χ4n) is 9.46. The van der Waals surface area contributed by atoms with E-state index in [4.69, 9.17) is 30.5 Å². The maximum Gasteiger partial charge on any atom is 0.0484 e. The molecule has 9 rings (SSSR count). The third-order valence-electron chi connectivity index (χ3n) is 13.2. The summed E-state index contributed by atoms with van der Waals surface area (Å²) in [6, 6.07) is 54.1. The molecular weight excluding hydrogens is 900 g/mol. The third-order valence-corrected chi connectivity index (χ3v) is 13.6. The summed E-state index contributed by atoms with van der Waals surface area (Å²) in [5.41, 5.74) is 4.63. The number of halogens is 1. The van der Waals surface area contributed by atoms with Gasteiger partial charge in [-0.3, -0.25) is 0 Å². The zero-order chi connectivity index (χ0) is 48.3. The average Bonchev–Trinajstić information content (AvgIpc) is 3.39. The van der Waals surface area contributed by atoms with E-state index in [1.165, 1.54) is 59.5 Å². The van der Waals surface area contributed by atoms with Crippen LogP contribution in [0.3, 0.4) is 0 Å². The van der Waals surface area contributed by atoms with Crippen LogP contribution in [0.15, 0.2) is 152 Å². The molecule has 0 saturated heterocycles. The Bertz CT molecular complexity index is 3130. The number of hydrogen-bond acceptors (Lipinski definition) is 8. The smallest absolute Gasteiger partial charge is 0.0484 e. The fraction of sp³-hybridized carbons (Fsp3) is 0.323. The second-order valence-corrected chi connectivity index (χ2v) is 18.9. The van der Waals surface area contributed by atoms with Gasteiger partial charge in [0.25, 0.3) is 0 Å². The van der Waals surface area contributed by atoms with Crippen molar-refractivity contribution < 1.29 is 18.9 Å². The predicted octanol–water partition coefficient (Wildman–Crippen LogP) is 15.5. The summed E-state index contributed by atoms with van der Waals surface area (Å²) < 4.78 is 23.8. The summed E-state index contributed by atoms with van der Waals surface area (Å²) in [5, 5.41) is 30.1. The van der Waals surface area contributed by atoms with Crippen molar-refractivity contribution in [3.05, 3.63) is 157 Å². The maximum atomic E-state index is 6.50. The van der Waals surface area contributed by atoms with E-state index in [2.05, 4.69) is 161 Å². The second kappa shape index (κ2) is 26.4. The lowest BCUT2D eigenvalue weighted by molar-refractivity contribution is 0.102. The number of benzene rings is 9. The first-order chi connectivity index (χ1) is 35.2. The minimum absolute atomic E-state index is 0.736. The van der Waals surface area contributed by atoms with E-state index in [0.29, 0.717) is 0 Å². The second-order valence-electron chi connectivity index (χ2n) is 18.5. The standard InChI is InChI=1S/C62H69ClN4O4/c63-58-23-7-18-48-41-50-20-9-25-60(55(50)44-53(48)58)65-29-13-37-69-33-5-6-35-71-39-15-31-67-62-27-11-22-52-42-51-21-10-26-61(56(51)45-57(52)62)66-30-14-38-70-34-4-3-32-68-36-12-28-64-59-24-8-19-49-40-46-16-1-2-17-47(46)43-54(49)59/h1-2,7-11,16-27,40-45,64-67H,3-6,12-15,28-39H2. The molecule has 0 bridgehead atoms. The van der Waals surface area contributed by atoms with Gasteiger partial charge in [-0.25, -0.2) is 0 Å². The highest BCUT2D eigenvalue weighted by Gasteiger charge is 2.09. The van der Waals surface area contributed by atoms with Crippen molar-refractivity contribution in [3.63, 3.8) is 0 Å². The lowest BCUT2D eigenvalue weighted by atomic mass is 10.0. The van der Waals surface area contributed by atoms with Crippen LogP contribution in [-0.2, 0) is 18.9 Å². The summed E-state index contributed by atoms with van der Waals surface area (Å²) in [6.45, 7) is 9.48. The van der Waals surface area contributed by atoms with Gasteiger partial charge in [0, 0.05) is 134 Å². The number of anilines is 4. The first-order valence-corrected chi connectivity index (χ1v) is 26.3. The molecule has 9 aromatic rings. The Hall–Kier alpha value is -6.13. The molecule has 0 fully saturated rings. The number of rotatable bonds is 30. The van der Waals surface area contributed by atoms with Crippen LogP contribution in [0.5, 0.6) is 0 Å². The van der Waals surface area contributed by atoms with Gasteiger partial charge in [0.15, 0.2) is 0 Å². The largest absolute Gasteiger partial charge is 0.384 e. The number of hydrogen-bond donors (Lipinski definition) is 4. The first-order valence-electron chi connectivity index (χ1n) is 25.9. The van der Waals surface area contributed by atoms with E-state index in [1.54, 1.807) is 0 Å². The summed E-state index contributed by atoms with van der Waals surface area (Å²) >= 11 is 6.50. The van der Waals surface area contributed by atoms with Gasteiger partial charge in [0.1, 0.15) is 0 Å². The molecule has 0 aliphatic rings. The third kappa shape index (κ3) is 13.8. The highest BCUT2D eigenvalue weighted by Crippen LogP contribution is 2.34. The predicted molar refractivity (Wildman–Crippen MR) is 304 cm³/mol. The molecule has 0 aliphatic carbocycles. The zero-order valence-corrected chi connectivity index (χ0v) is 41.8. The van der Waals surface area contributed by atoms with Gasteiger partial charge >= 0.3 is 0 Å². The molecule has 9 heteroatoms. The fourth-order valence-corrected chi connectivity index (χ4v) is 9.70. The molecule has 4 N–H and O–H groups in total. The number of fused-ring (bicyclic) bond motifs is 6. The topological polar surface area (TPSA) is 85.0 Å². The van der Waals surface area contributed by atoms with E-state index in [-0.39, 0.29) is 0 Å². The molecule has 0 saturated carbocycles. The normalized spacial score (nSPS) is 11.7. The van der Waals surface area contributed by atoms with Gasteiger partial charge in [0.05, 0.1) is 0 Å². The highest BCUT2D eigenvalue weighted by atomic mass is 35.5. The Morgan fingerprint density at radius 2 is 0.549 bits per heavy atom. The molecule has 9 aromatic carbocycles. The van der Waals surface area contributed by atoms with Crippen molar-refractivity contribution in [1.82, 2.24) is 0 Å². The summed E-state index contributed by atoms with van der Waals surface area (Å²) in [5.74, 6) is 0. The van der Waals surface area contributed by atoms with Gasteiger partial charge in [0.2, 0.25) is 0 Å². The van der Waals surface area contributed by atoms with Crippen molar-refractivity contribution in [3.8, 4) is 0 Å². The highest BCUT2D eigenvalue weighted by molar-refractivity contribution is 6.36. The van der Waals surface area contributed by atoms with Crippen LogP contribution < -0.4 is 21.3 Å². The van der Waals surface area contributed by atoms with E-state index in [9.17, 15) is 0 Å². The Kier molecular flexibility index (Phi) is 18.5. The van der Waals surface area contributed by atoms with E-state index >= 15 is 0 Å². The Morgan fingerprint density at radius 1 is 0.268 bits per heavy atom. The molecule has 71 heavy (non-hydrogen) atoms. The molecule has 0 aromatic heterocycles. The molecule has 0 amide bonds. The molecule has 0 heterocycles. The van der Waals surface area contributed by atoms with Crippen molar-refractivity contribution in [1.29, 1.82) is 0 Å².